The number of benzene rings is 1. The molecule has 15 nitrogen and oxygen atoms in total. The number of aliphatic hydroxyl groups is 4. The van der Waals surface area contributed by atoms with Gasteiger partial charge in [0, 0.05) is 24.5 Å². The third-order valence-corrected chi connectivity index (χ3v) is 6.63. The van der Waals surface area contributed by atoms with Gasteiger partial charge in [-0.05, 0) is 17.7 Å². The first kappa shape index (κ1) is 28.0. The third-order valence-electron chi connectivity index (χ3n) is 6.63. The molecule has 3 aliphatic heterocycles. The zero-order valence-electron chi connectivity index (χ0n) is 20.1. The lowest BCUT2D eigenvalue weighted by Gasteiger charge is -2.39. The number of carboxylic acid groups (broad SMARTS) is 3. The maximum Gasteiger partial charge on any atom is 0.351 e. The minimum absolute atomic E-state index is 0.0869. The maximum absolute atomic E-state index is 11.9. The van der Waals surface area contributed by atoms with Gasteiger partial charge in [0.15, 0.2) is 17.7 Å². The van der Waals surface area contributed by atoms with E-state index >= 15 is 0 Å². The van der Waals surface area contributed by atoms with Gasteiger partial charge in [-0.1, -0.05) is 0 Å². The summed E-state index contributed by atoms with van der Waals surface area (Å²) in [7, 11) is 0. The highest BCUT2D eigenvalue weighted by Crippen LogP contribution is 2.40. The number of aliphatic hydroxyl groups excluding tert-OH is 4. The normalized spacial score (nSPS) is 32.3. The molecule has 0 unspecified atom stereocenters. The minimum Gasteiger partial charge on any atom is -0.543 e. The predicted molar refractivity (Wildman–Crippen MR) is 124 cm³/mol. The number of nitrogens with zero attached hydrogens (tertiary/aromatic N) is 1. The van der Waals surface area contributed by atoms with E-state index in [-0.39, 0.29) is 35.5 Å². The lowest BCUT2D eigenvalue weighted by Crippen LogP contribution is -2.60. The maximum atomic E-state index is 11.9. The smallest absolute Gasteiger partial charge is 0.351 e. The van der Waals surface area contributed by atoms with Crippen molar-refractivity contribution in [2.24, 2.45) is 0 Å². The zero-order valence-corrected chi connectivity index (χ0v) is 20.1. The van der Waals surface area contributed by atoms with E-state index in [1.807, 2.05) is 0 Å². The van der Waals surface area contributed by atoms with E-state index in [0.29, 0.717) is 5.56 Å². The van der Waals surface area contributed by atoms with E-state index in [1.165, 1.54) is 35.1 Å². The van der Waals surface area contributed by atoms with Crippen LogP contribution in [0.3, 0.4) is 0 Å². The summed E-state index contributed by atoms with van der Waals surface area (Å²) in [6.45, 7) is -0.693. The number of hydrogen-bond donors (Lipinski definition) is 8. The summed E-state index contributed by atoms with van der Waals surface area (Å²) >= 11 is 0. The molecular formula is C24H26N2O13. The fraction of sp³-hybridized carbons (Fsp3) is 0.417. The van der Waals surface area contributed by atoms with Crippen LogP contribution in [0.1, 0.15) is 12.0 Å². The minimum atomic E-state index is -1.74. The molecule has 39 heavy (non-hydrogen) atoms. The Morgan fingerprint density at radius 2 is 1.85 bits per heavy atom. The summed E-state index contributed by atoms with van der Waals surface area (Å²) in [6.07, 6.45) is -4.24. The van der Waals surface area contributed by atoms with Crippen molar-refractivity contribution >= 4 is 29.8 Å². The summed E-state index contributed by atoms with van der Waals surface area (Å²) in [5.41, 5.74) is 0.535. The molecular weight excluding hydrogens is 524 g/mol. The summed E-state index contributed by atoms with van der Waals surface area (Å²) in [5, 5.41) is 82.9. The van der Waals surface area contributed by atoms with E-state index in [4.69, 9.17) is 9.47 Å². The van der Waals surface area contributed by atoms with Crippen molar-refractivity contribution in [2.75, 3.05) is 6.61 Å². The number of hydrogen-bond acceptors (Lipinski definition) is 12. The SMILES string of the molecule is O=C(O)C1=C/C(=C\C=[N+]2c3cc(O)c(O[C@@H]4O[C@H](CO)[C@@H](O)[C@H](O)[C@H]4O)cc3C[C@H]2C(=O)[O-])C[C@@H](C(=O)O)N1. The van der Waals surface area contributed by atoms with Crippen molar-refractivity contribution in [1.82, 2.24) is 5.32 Å². The van der Waals surface area contributed by atoms with Gasteiger partial charge in [0.2, 0.25) is 18.0 Å². The number of phenolic OH excluding ortho intramolecular Hbond substituents is 1. The number of carbonyl (C=O) groups excluding carboxylic acids is 1. The molecule has 15 heteroatoms. The van der Waals surface area contributed by atoms with Gasteiger partial charge in [0.25, 0.3) is 0 Å². The Balaban J connectivity index is 1.66. The summed E-state index contributed by atoms with van der Waals surface area (Å²) in [6, 6.07) is -0.00207. The van der Waals surface area contributed by atoms with Gasteiger partial charge < -0.3 is 60.4 Å². The van der Waals surface area contributed by atoms with Gasteiger partial charge in [-0.25, -0.2) is 9.59 Å². The lowest BCUT2D eigenvalue weighted by atomic mass is 9.99. The summed E-state index contributed by atoms with van der Waals surface area (Å²) in [5.74, 6) is -4.86. The van der Waals surface area contributed by atoms with Crippen molar-refractivity contribution in [3.8, 4) is 11.5 Å². The predicted octanol–water partition coefficient (Wildman–Crippen LogP) is -3.70. The number of phenols is 1. The van der Waals surface area contributed by atoms with E-state index in [2.05, 4.69) is 5.32 Å². The second kappa shape index (κ2) is 11.0. The standard InChI is InChI=1S/C24H26N2O13/c27-8-17-18(29)19(30)20(31)24(39-17)38-16-6-10-5-14(23(36)37)26(13(10)7-15(16)28)2-1-9-3-11(21(32)33)25-12(4-9)22(34)35/h1-3,6-7,12,14,17-20,24,27,29-31H,4-5,8H2,(H4,28,32,33,34,35,36,37)/t12-,14-,17+,18+,19-,20+,24+/m0/s1. The zero-order chi connectivity index (χ0) is 28.6. The van der Waals surface area contributed by atoms with Crippen molar-refractivity contribution in [3.05, 3.63) is 41.1 Å². The van der Waals surface area contributed by atoms with Gasteiger partial charge in [-0.3, -0.25) is 0 Å². The van der Waals surface area contributed by atoms with Crippen LogP contribution in [0.15, 0.2) is 35.6 Å². The molecule has 0 aromatic heterocycles. The quantitative estimate of drug-likeness (QED) is 0.152. The van der Waals surface area contributed by atoms with Crippen LogP contribution in [0.5, 0.6) is 11.5 Å². The van der Waals surface area contributed by atoms with Crippen molar-refractivity contribution in [1.29, 1.82) is 0 Å². The summed E-state index contributed by atoms with van der Waals surface area (Å²) in [4.78, 5) is 34.7. The third kappa shape index (κ3) is 5.57. The van der Waals surface area contributed by atoms with E-state index < -0.39 is 73.1 Å². The number of carbonyl (C=O) groups is 3. The Labute approximate surface area is 219 Å². The fourth-order valence-corrected chi connectivity index (χ4v) is 4.57. The second-order valence-electron chi connectivity index (χ2n) is 9.20. The van der Waals surface area contributed by atoms with Crippen LogP contribution >= 0.6 is 0 Å². The Kier molecular flexibility index (Phi) is 7.89. The molecule has 0 saturated carbocycles. The Hall–Kier alpha value is -4.02. The Bertz CT molecular complexity index is 1270. The first-order chi connectivity index (χ1) is 18.4. The number of aromatic hydroxyl groups is 1. The van der Waals surface area contributed by atoms with Crippen LogP contribution in [0, 0.1) is 0 Å². The average Bonchev–Trinajstić information content (AvgIpc) is 3.24. The lowest BCUT2D eigenvalue weighted by molar-refractivity contribution is -0.475. The average molecular weight is 550 g/mol. The molecule has 0 aliphatic carbocycles. The van der Waals surface area contributed by atoms with E-state index in [9.17, 15) is 55.2 Å². The largest absolute Gasteiger partial charge is 0.543 e. The molecule has 0 radical (unpaired) electrons. The molecule has 1 aromatic rings. The van der Waals surface area contributed by atoms with Crippen LogP contribution < -0.4 is 15.2 Å². The van der Waals surface area contributed by atoms with Crippen LogP contribution in [-0.2, 0) is 25.5 Å². The van der Waals surface area contributed by atoms with Crippen LogP contribution in [0.25, 0.3) is 0 Å². The number of ether oxygens (including phenoxy) is 2. The van der Waals surface area contributed by atoms with Gasteiger partial charge >= 0.3 is 11.9 Å². The Morgan fingerprint density at radius 3 is 2.46 bits per heavy atom. The molecule has 1 aromatic carbocycles. The molecule has 210 valence electrons. The van der Waals surface area contributed by atoms with Crippen molar-refractivity contribution in [3.63, 3.8) is 0 Å². The molecule has 7 atom stereocenters. The molecule has 0 amide bonds. The van der Waals surface area contributed by atoms with Crippen LogP contribution in [0.2, 0.25) is 0 Å². The monoisotopic (exact) mass is 550 g/mol. The number of fused-ring (bicyclic) bond motifs is 1. The van der Waals surface area contributed by atoms with Crippen LogP contribution in [0.4, 0.5) is 5.69 Å². The molecule has 3 aliphatic rings. The van der Waals surface area contributed by atoms with Gasteiger partial charge in [-0.2, -0.15) is 4.58 Å². The fourth-order valence-electron chi connectivity index (χ4n) is 4.57. The molecule has 3 heterocycles. The van der Waals surface area contributed by atoms with E-state index in [0.717, 1.165) is 0 Å². The van der Waals surface area contributed by atoms with Crippen LogP contribution in [-0.4, -0.2) is 114 Å². The number of nitrogens with one attached hydrogen (secondary N) is 1. The molecule has 1 fully saturated rings. The van der Waals surface area contributed by atoms with Crippen molar-refractivity contribution < 1.29 is 69.3 Å². The van der Waals surface area contributed by atoms with Crippen molar-refractivity contribution in [2.45, 2.75) is 55.6 Å². The second-order valence-corrected chi connectivity index (χ2v) is 9.20. The first-order valence-electron chi connectivity index (χ1n) is 11.7. The molecule has 4 rings (SSSR count). The number of allylic oxidation sites excluding steroid dienone is 2. The highest BCUT2D eigenvalue weighted by molar-refractivity contribution is 5.89. The molecule has 8 N–H and O–H groups in total. The van der Waals surface area contributed by atoms with E-state index in [1.54, 1.807) is 0 Å². The molecule has 1 saturated heterocycles. The number of aliphatic carboxylic acids is 3. The van der Waals surface area contributed by atoms with Gasteiger partial charge in [0.1, 0.15) is 42.1 Å². The number of rotatable bonds is 7. The summed E-state index contributed by atoms with van der Waals surface area (Å²) < 4.78 is 12.0. The topological polar surface area (TPSA) is 249 Å². The Morgan fingerprint density at radius 1 is 1.13 bits per heavy atom. The van der Waals surface area contributed by atoms with Gasteiger partial charge in [-0.15, -0.1) is 0 Å². The highest BCUT2D eigenvalue weighted by Gasteiger charge is 2.45. The molecule has 0 spiro atoms. The number of carboxylic acids is 3. The first-order valence-corrected chi connectivity index (χ1v) is 11.7. The molecule has 0 bridgehead atoms. The highest BCUT2D eigenvalue weighted by atomic mass is 16.7. The van der Waals surface area contributed by atoms with Gasteiger partial charge in [0.05, 0.1) is 12.7 Å².